The molecule has 2 aromatic carbocycles. The summed E-state index contributed by atoms with van der Waals surface area (Å²) in [6, 6.07) is 15.1. The molecular formula is C22H22N4O3. The van der Waals surface area contributed by atoms with Crippen LogP contribution in [0.15, 0.2) is 53.3 Å². The van der Waals surface area contributed by atoms with Gasteiger partial charge in [-0.1, -0.05) is 12.1 Å². The first-order chi connectivity index (χ1) is 14.1. The number of hydrogen-bond donors (Lipinski definition) is 2. The van der Waals surface area contributed by atoms with Crippen LogP contribution in [0.25, 0.3) is 11.3 Å². The molecule has 3 aromatic rings. The van der Waals surface area contributed by atoms with E-state index in [1.54, 1.807) is 6.07 Å². The molecule has 0 aliphatic carbocycles. The molecule has 0 saturated carbocycles. The van der Waals surface area contributed by atoms with E-state index < -0.39 is 0 Å². The second kappa shape index (κ2) is 6.86. The Hall–Kier alpha value is -3.45. The molecule has 0 amide bonds. The number of para-hydroxylation sites is 1. The Bertz CT molecular complexity index is 1150. The summed E-state index contributed by atoms with van der Waals surface area (Å²) in [5.41, 5.74) is 10.7. The molecule has 7 nitrogen and oxygen atoms in total. The van der Waals surface area contributed by atoms with Crippen LogP contribution in [0.1, 0.15) is 11.1 Å². The van der Waals surface area contributed by atoms with Crippen LogP contribution in [0.2, 0.25) is 0 Å². The van der Waals surface area contributed by atoms with Crippen molar-refractivity contribution in [3.05, 3.63) is 70.0 Å². The lowest BCUT2D eigenvalue weighted by Gasteiger charge is -2.29. The first-order valence-corrected chi connectivity index (χ1v) is 9.63. The highest BCUT2D eigenvalue weighted by Crippen LogP contribution is 2.43. The topological polar surface area (TPSA) is 95.7 Å². The highest BCUT2D eigenvalue weighted by Gasteiger charge is 2.23. The Morgan fingerprint density at radius 2 is 1.79 bits per heavy atom. The van der Waals surface area contributed by atoms with Gasteiger partial charge in [0.05, 0.1) is 18.9 Å². The van der Waals surface area contributed by atoms with Crippen molar-refractivity contribution in [3.8, 4) is 22.8 Å². The second-order valence-corrected chi connectivity index (χ2v) is 7.35. The molecule has 29 heavy (non-hydrogen) atoms. The Morgan fingerprint density at radius 1 is 0.966 bits per heavy atom. The summed E-state index contributed by atoms with van der Waals surface area (Å²) in [5.74, 6) is 7.65. The number of nitrogens with two attached hydrogens (primary N) is 2. The Kier molecular flexibility index (Phi) is 4.17. The number of pyridine rings is 1. The fourth-order valence-electron chi connectivity index (χ4n) is 3.98. The van der Waals surface area contributed by atoms with Crippen LogP contribution in [-0.4, -0.2) is 31.0 Å². The van der Waals surface area contributed by atoms with E-state index in [0.717, 1.165) is 47.0 Å². The molecule has 0 spiro atoms. The first kappa shape index (κ1) is 17.6. The molecule has 2 aliphatic heterocycles. The molecular weight excluding hydrogens is 368 g/mol. The van der Waals surface area contributed by atoms with Gasteiger partial charge in [0.2, 0.25) is 0 Å². The number of morpholine rings is 1. The van der Waals surface area contributed by atoms with Gasteiger partial charge in [0, 0.05) is 53.6 Å². The van der Waals surface area contributed by atoms with Gasteiger partial charge in [-0.2, -0.15) is 0 Å². The molecule has 0 radical (unpaired) electrons. The van der Waals surface area contributed by atoms with Crippen LogP contribution in [-0.2, 0) is 11.2 Å². The molecule has 7 heteroatoms. The number of fused-ring (bicyclic) bond motifs is 2. The minimum Gasteiger partial charge on any atom is -0.456 e. The second-order valence-electron chi connectivity index (χ2n) is 7.35. The molecule has 0 atom stereocenters. The standard InChI is InChI=1S/C22H22N4O3/c23-16-4-5-20-15(11-16)10-14-2-1-3-18(22(14)29-20)19-12-17(13-21(27)26(19)24)25-6-8-28-9-7-25/h1-5,11-13H,6-10,23-24H2. The number of anilines is 2. The van der Waals surface area contributed by atoms with Crippen molar-refractivity contribution in [1.82, 2.24) is 4.68 Å². The van der Waals surface area contributed by atoms with Crippen LogP contribution in [0, 0.1) is 0 Å². The van der Waals surface area contributed by atoms with E-state index in [2.05, 4.69) is 4.90 Å². The highest BCUT2D eigenvalue weighted by molar-refractivity contribution is 5.75. The zero-order chi connectivity index (χ0) is 20.0. The zero-order valence-corrected chi connectivity index (χ0v) is 15.9. The SMILES string of the molecule is Nc1ccc2c(c1)Cc1cccc(-c3cc(N4CCOCC4)cc(=O)n3N)c1O2. The molecule has 1 aromatic heterocycles. The van der Waals surface area contributed by atoms with Gasteiger partial charge in [-0.3, -0.25) is 4.79 Å². The molecule has 1 saturated heterocycles. The first-order valence-electron chi connectivity index (χ1n) is 9.63. The summed E-state index contributed by atoms with van der Waals surface area (Å²) in [6.45, 7) is 2.77. The van der Waals surface area contributed by atoms with Crippen LogP contribution in [0.3, 0.4) is 0 Å². The minimum absolute atomic E-state index is 0.259. The highest BCUT2D eigenvalue weighted by atomic mass is 16.5. The van der Waals surface area contributed by atoms with Crippen LogP contribution >= 0.6 is 0 Å². The average Bonchev–Trinajstić information content (AvgIpc) is 2.74. The number of aromatic nitrogens is 1. The largest absolute Gasteiger partial charge is 0.456 e. The summed E-state index contributed by atoms with van der Waals surface area (Å²) >= 11 is 0. The molecule has 4 N–H and O–H groups in total. The van der Waals surface area contributed by atoms with E-state index in [1.807, 2.05) is 42.5 Å². The van der Waals surface area contributed by atoms with Crippen molar-refractivity contribution in [2.75, 3.05) is 42.8 Å². The Labute approximate surface area is 168 Å². The summed E-state index contributed by atoms with van der Waals surface area (Å²) in [5, 5.41) is 0. The lowest BCUT2D eigenvalue weighted by molar-refractivity contribution is 0.122. The third kappa shape index (κ3) is 3.09. The number of nitrogen functional groups attached to an aromatic ring is 2. The van der Waals surface area contributed by atoms with Crippen LogP contribution < -0.4 is 26.8 Å². The van der Waals surface area contributed by atoms with Crippen molar-refractivity contribution >= 4 is 11.4 Å². The smallest absolute Gasteiger partial charge is 0.271 e. The summed E-state index contributed by atoms with van der Waals surface area (Å²) < 4.78 is 12.8. The summed E-state index contributed by atoms with van der Waals surface area (Å²) in [4.78, 5) is 14.7. The van der Waals surface area contributed by atoms with Gasteiger partial charge in [-0.15, -0.1) is 0 Å². The van der Waals surface area contributed by atoms with E-state index in [1.165, 1.54) is 4.68 Å². The monoisotopic (exact) mass is 390 g/mol. The molecule has 5 rings (SSSR count). The number of ether oxygens (including phenoxy) is 2. The molecule has 1 fully saturated rings. The summed E-state index contributed by atoms with van der Waals surface area (Å²) in [6.07, 6.45) is 0.710. The zero-order valence-electron chi connectivity index (χ0n) is 15.9. The van der Waals surface area contributed by atoms with Gasteiger partial charge in [0.25, 0.3) is 5.56 Å². The van der Waals surface area contributed by atoms with Gasteiger partial charge >= 0.3 is 0 Å². The number of benzene rings is 2. The van der Waals surface area contributed by atoms with E-state index >= 15 is 0 Å². The maximum absolute atomic E-state index is 12.6. The number of nitrogens with zero attached hydrogens (tertiary/aromatic N) is 2. The maximum Gasteiger partial charge on any atom is 0.271 e. The average molecular weight is 390 g/mol. The Balaban J connectivity index is 1.62. The van der Waals surface area contributed by atoms with Crippen LogP contribution in [0.4, 0.5) is 11.4 Å². The van der Waals surface area contributed by atoms with Crippen molar-refractivity contribution in [1.29, 1.82) is 0 Å². The predicted octanol–water partition coefficient (Wildman–Crippen LogP) is 2.34. The normalized spacial score (nSPS) is 15.4. The molecule has 148 valence electrons. The number of rotatable bonds is 2. The predicted molar refractivity (Wildman–Crippen MR) is 113 cm³/mol. The van der Waals surface area contributed by atoms with Gasteiger partial charge < -0.3 is 25.9 Å². The Morgan fingerprint density at radius 3 is 2.62 bits per heavy atom. The number of hydrogen-bond acceptors (Lipinski definition) is 6. The van der Waals surface area contributed by atoms with Crippen molar-refractivity contribution in [2.45, 2.75) is 6.42 Å². The molecule has 2 aliphatic rings. The lowest BCUT2D eigenvalue weighted by Crippen LogP contribution is -2.38. The third-order valence-corrected chi connectivity index (χ3v) is 5.48. The van der Waals surface area contributed by atoms with E-state index in [9.17, 15) is 4.79 Å². The van der Waals surface area contributed by atoms with E-state index in [-0.39, 0.29) is 5.56 Å². The molecule has 0 bridgehead atoms. The molecule has 0 unspecified atom stereocenters. The van der Waals surface area contributed by atoms with E-state index in [4.69, 9.17) is 21.1 Å². The maximum atomic E-state index is 12.6. The minimum atomic E-state index is -0.259. The van der Waals surface area contributed by atoms with Gasteiger partial charge in [-0.05, 0) is 30.3 Å². The summed E-state index contributed by atoms with van der Waals surface area (Å²) in [7, 11) is 0. The lowest BCUT2D eigenvalue weighted by atomic mass is 9.96. The molecule has 3 heterocycles. The van der Waals surface area contributed by atoms with Gasteiger partial charge in [-0.25, -0.2) is 4.68 Å². The van der Waals surface area contributed by atoms with Crippen molar-refractivity contribution in [2.24, 2.45) is 0 Å². The fraction of sp³-hybridized carbons (Fsp3) is 0.227. The quantitative estimate of drug-likeness (QED) is 0.403. The van der Waals surface area contributed by atoms with Crippen molar-refractivity contribution in [3.63, 3.8) is 0 Å². The van der Waals surface area contributed by atoms with Gasteiger partial charge in [0.15, 0.2) is 0 Å². The van der Waals surface area contributed by atoms with Crippen molar-refractivity contribution < 1.29 is 9.47 Å². The van der Waals surface area contributed by atoms with Gasteiger partial charge in [0.1, 0.15) is 11.5 Å². The van der Waals surface area contributed by atoms with E-state index in [0.29, 0.717) is 31.0 Å². The fourth-order valence-corrected chi connectivity index (χ4v) is 3.98. The third-order valence-electron chi connectivity index (χ3n) is 5.48. The van der Waals surface area contributed by atoms with Crippen LogP contribution in [0.5, 0.6) is 11.5 Å².